The van der Waals surface area contributed by atoms with E-state index in [2.05, 4.69) is 39.5 Å². The van der Waals surface area contributed by atoms with E-state index in [1.165, 1.54) is 5.56 Å². The summed E-state index contributed by atoms with van der Waals surface area (Å²) >= 11 is 0. The Morgan fingerprint density at radius 2 is 2.16 bits per heavy atom. The van der Waals surface area contributed by atoms with Crippen molar-refractivity contribution in [2.45, 2.75) is 19.1 Å². The Morgan fingerprint density at radius 3 is 2.96 bits per heavy atom. The van der Waals surface area contributed by atoms with Crippen molar-refractivity contribution in [3.63, 3.8) is 0 Å². The maximum atomic E-state index is 11.2. The van der Waals surface area contributed by atoms with Crippen LogP contribution in [0.25, 0.3) is 0 Å². The van der Waals surface area contributed by atoms with Crippen LogP contribution in [0, 0.1) is 0 Å². The number of nitrogens with zero attached hydrogens (tertiary/aromatic N) is 2. The normalized spacial score (nSPS) is 18.5. The second-order valence-electron chi connectivity index (χ2n) is 6.24. The maximum Gasteiger partial charge on any atom is 0.267 e. The molecule has 132 valence electrons. The van der Waals surface area contributed by atoms with E-state index in [1.54, 1.807) is 12.3 Å². The van der Waals surface area contributed by atoms with Crippen molar-refractivity contribution in [1.82, 2.24) is 9.88 Å². The first-order chi connectivity index (χ1) is 12.2. The summed E-state index contributed by atoms with van der Waals surface area (Å²) in [4.78, 5) is 17.6. The van der Waals surface area contributed by atoms with E-state index in [4.69, 9.17) is 10.5 Å². The molecule has 1 aromatic carbocycles. The second kappa shape index (κ2) is 8.60. The van der Waals surface area contributed by atoms with Gasteiger partial charge in [0.25, 0.3) is 5.91 Å². The number of nitrogens with two attached hydrogens (primary N) is 1. The number of primary amides is 1. The van der Waals surface area contributed by atoms with Crippen molar-refractivity contribution < 1.29 is 9.53 Å². The number of benzene rings is 1. The summed E-state index contributed by atoms with van der Waals surface area (Å²) < 4.78 is 5.96. The molecule has 0 unspecified atom stereocenters. The van der Waals surface area contributed by atoms with Crippen molar-refractivity contribution in [3.8, 4) is 0 Å². The van der Waals surface area contributed by atoms with Gasteiger partial charge in [-0.15, -0.1) is 0 Å². The topological polar surface area (TPSA) is 80.5 Å². The van der Waals surface area contributed by atoms with Gasteiger partial charge in [-0.3, -0.25) is 14.7 Å². The molecule has 1 saturated heterocycles. The van der Waals surface area contributed by atoms with Gasteiger partial charge in [-0.2, -0.15) is 0 Å². The largest absolute Gasteiger partial charge is 0.382 e. The number of anilines is 1. The van der Waals surface area contributed by atoms with Crippen LogP contribution in [0.1, 0.15) is 22.5 Å². The number of carbonyl (C=O) groups excluding carboxylic acids is 1. The Bertz CT molecular complexity index is 693. The highest BCUT2D eigenvalue weighted by atomic mass is 16.5. The Kier molecular flexibility index (Phi) is 5.98. The summed E-state index contributed by atoms with van der Waals surface area (Å²) in [7, 11) is 0. The smallest absolute Gasteiger partial charge is 0.267 e. The first-order valence-electron chi connectivity index (χ1n) is 8.58. The SMILES string of the molecule is NC(=O)c1cc(NC[C@H]2CN(Cc3ccccc3)CCCO2)ccn1. The molecule has 1 amide bonds. The fourth-order valence-corrected chi connectivity index (χ4v) is 2.99. The molecule has 0 saturated carbocycles. The quantitative estimate of drug-likeness (QED) is 0.839. The van der Waals surface area contributed by atoms with Gasteiger partial charge < -0.3 is 15.8 Å². The molecule has 0 aliphatic carbocycles. The minimum absolute atomic E-state index is 0.0939. The molecule has 3 N–H and O–H groups in total. The van der Waals surface area contributed by atoms with Crippen LogP contribution < -0.4 is 11.1 Å². The molecule has 2 heterocycles. The van der Waals surface area contributed by atoms with E-state index in [1.807, 2.05) is 12.1 Å². The van der Waals surface area contributed by atoms with Gasteiger partial charge in [0.15, 0.2) is 0 Å². The van der Waals surface area contributed by atoms with Crippen LogP contribution >= 0.6 is 0 Å². The number of hydrogen-bond donors (Lipinski definition) is 2. The third-order valence-electron chi connectivity index (χ3n) is 4.23. The minimum atomic E-state index is -0.525. The highest BCUT2D eigenvalue weighted by molar-refractivity contribution is 5.91. The van der Waals surface area contributed by atoms with Gasteiger partial charge >= 0.3 is 0 Å². The van der Waals surface area contributed by atoms with Gasteiger partial charge in [0, 0.05) is 44.7 Å². The summed E-state index contributed by atoms with van der Waals surface area (Å²) in [5.74, 6) is -0.525. The molecule has 1 aliphatic heterocycles. The molecule has 25 heavy (non-hydrogen) atoms. The molecule has 6 heteroatoms. The van der Waals surface area contributed by atoms with E-state index < -0.39 is 5.91 Å². The van der Waals surface area contributed by atoms with Gasteiger partial charge in [-0.05, 0) is 24.1 Å². The standard InChI is InChI=1S/C19H24N4O2/c20-19(24)18-11-16(7-8-21-18)22-12-17-14-23(9-4-10-25-17)13-15-5-2-1-3-6-15/h1-3,5-8,11,17H,4,9-10,12-14H2,(H2,20,24)(H,21,22)/t17-/m0/s1. The number of rotatable bonds is 6. The molecule has 3 rings (SSSR count). The highest BCUT2D eigenvalue weighted by Gasteiger charge is 2.19. The average molecular weight is 340 g/mol. The predicted octanol–water partition coefficient (Wildman–Crippen LogP) is 1.88. The van der Waals surface area contributed by atoms with Crippen LogP contribution in [-0.2, 0) is 11.3 Å². The molecule has 6 nitrogen and oxygen atoms in total. The van der Waals surface area contributed by atoms with E-state index >= 15 is 0 Å². The molecule has 1 aromatic heterocycles. The summed E-state index contributed by atoms with van der Waals surface area (Å²) in [6.45, 7) is 4.28. The van der Waals surface area contributed by atoms with Crippen molar-refractivity contribution in [3.05, 3.63) is 59.9 Å². The van der Waals surface area contributed by atoms with Crippen LogP contribution in [0.15, 0.2) is 48.7 Å². The van der Waals surface area contributed by atoms with Crippen LogP contribution in [0.3, 0.4) is 0 Å². The summed E-state index contributed by atoms with van der Waals surface area (Å²) in [6, 6.07) is 14.0. The van der Waals surface area contributed by atoms with Gasteiger partial charge in [-0.25, -0.2) is 0 Å². The molecule has 0 bridgehead atoms. The van der Waals surface area contributed by atoms with Crippen molar-refractivity contribution in [2.24, 2.45) is 5.73 Å². The van der Waals surface area contributed by atoms with E-state index in [0.717, 1.165) is 38.3 Å². The average Bonchev–Trinajstić information content (AvgIpc) is 2.86. The fraction of sp³-hybridized carbons (Fsp3) is 0.368. The first-order valence-corrected chi connectivity index (χ1v) is 8.58. The van der Waals surface area contributed by atoms with E-state index in [0.29, 0.717) is 6.54 Å². The maximum absolute atomic E-state index is 11.2. The number of ether oxygens (including phenoxy) is 1. The lowest BCUT2D eigenvalue weighted by atomic mass is 10.2. The van der Waals surface area contributed by atoms with E-state index in [-0.39, 0.29) is 11.8 Å². The summed E-state index contributed by atoms with van der Waals surface area (Å²) in [5, 5.41) is 3.32. The van der Waals surface area contributed by atoms with Crippen LogP contribution in [-0.4, -0.2) is 48.1 Å². The number of pyridine rings is 1. The number of hydrogen-bond acceptors (Lipinski definition) is 5. The van der Waals surface area contributed by atoms with Crippen molar-refractivity contribution in [2.75, 3.05) is 31.6 Å². The van der Waals surface area contributed by atoms with Gasteiger partial charge in [0.05, 0.1) is 6.10 Å². The molecule has 0 spiro atoms. The van der Waals surface area contributed by atoms with Crippen molar-refractivity contribution >= 4 is 11.6 Å². The first kappa shape index (κ1) is 17.4. The zero-order valence-corrected chi connectivity index (χ0v) is 14.2. The van der Waals surface area contributed by atoms with Gasteiger partial charge in [0.2, 0.25) is 0 Å². The zero-order valence-electron chi connectivity index (χ0n) is 14.2. The lowest BCUT2D eigenvalue weighted by Crippen LogP contribution is -2.35. The lowest BCUT2D eigenvalue weighted by molar-refractivity contribution is 0.0625. The third-order valence-corrected chi connectivity index (χ3v) is 4.23. The lowest BCUT2D eigenvalue weighted by Gasteiger charge is -2.24. The second-order valence-corrected chi connectivity index (χ2v) is 6.24. The number of amides is 1. The fourth-order valence-electron chi connectivity index (χ4n) is 2.99. The molecule has 1 aliphatic rings. The van der Waals surface area contributed by atoms with E-state index in [9.17, 15) is 4.79 Å². The van der Waals surface area contributed by atoms with Gasteiger partial charge in [0.1, 0.15) is 5.69 Å². The predicted molar refractivity (Wildman–Crippen MR) is 97.3 cm³/mol. The molecule has 2 aromatic rings. The molecule has 1 fully saturated rings. The Labute approximate surface area is 148 Å². The monoisotopic (exact) mass is 340 g/mol. The van der Waals surface area contributed by atoms with Crippen LogP contribution in [0.2, 0.25) is 0 Å². The van der Waals surface area contributed by atoms with Gasteiger partial charge in [-0.1, -0.05) is 30.3 Å². The molecule has 0 radical (unpaired) electrons. The van der Waals surface area contributed by atoms with Crippen LogP contribution in [0.5, 0.6) is 0 Å². The minimum Gasteiger partial charge on any atom is -0.382 e. The van der Waals surface area contributed by atoms with Crippen molar-refractivity contribution in [1.29, 1.82) is 0 Å². The van der Waals surface area contributed by atoms with Crippen LogP contribution in [0.4, 0.5) is 5.69 Å². The Balaban J connectivity index is 1.56. The molecular weight excluding hydrogens is 316 g/mol. The third kappa shape index (κ3) is 5.27. The Hall–Kier alpha value is -2.44. The highest BCUT2D eigenvalue weighted by Crippen LogP contribution is 2.13. The summed E-state index contributed by atoms with van der Waals surface area (Å²) in [6.07, 6.45) is 2.71. The molecular formula is C19H24N4O2. The number of aromatic nitrogens is 1. The summed E-state index contributed by atoms with van der Waals surface area (Å²) in [5.41, 5.74) is 7.68. The number of nitrogens with one attached hydrogen (secondary N) is 1. The Morgan fingerprint density at radius 1 is 1.32 bits per heavy atom. The molecule has 1 atom stereocenters. The zero-order chi connectivity index (χ0) is 17.5. The number of carbonyl (C=O) groups is 1.